The van der Waals surface area contributed by atoms with Crippen molar-refractivity contribution in [1.29, 1.82) is 0 Å². The minimum Gasteiger partial charge on any atom is -0.337 e. The number of nitrogens with zero attached hydrogens (tertiary/aromatic N) is 2. The molecule has 1 amide bonds. The Morgan fingerprint density at radius 1 is 1.08 bits per heavy atom. The summed E-state index contributed by atoms with van der Waals surface area (Å²) in [5.74, 6) is 0.181. The van der Waals surface area contributed by atoms with Crippen LogP contribution in [0.4, 0.5) is 0 Å². The second-order valence-corrected chi connectivity index (χ2v) is 7.41. The Bertz CT molecular complexity index is 843. The van der Waals surface area contributed by atoms with Crippen molar-refractivity contribution in [2.75, 3.05) is 13.1 Å². The second kappa shape index (κ2) is 6.44. The molecule has 0 spiro atoms. The summed E-state index contributed by atoms with van der Waals surface area (Å²) in [5.41, 5.74) is 2.06. The van der Waals surface area contributed by atoms with E-state index < -0.39 is 0 Å². The second-order valence-electron chi connectivity index (χ2n) is 6.52. The first kappa shape index (κ1) is 15.5. The highest BCUT2D eigenvalue weighted by Gasteiger charge is 2.25. The molecule has 0 saturated carbocycles. The van der Waals surface area contributed by atoms with Crippen molar-refractivity contribution in [3.05, 3.63) is 59.1 Å². The minimum atomic E-state index is 0.145. The van der Waals surface area contributed by atoms with Crippen molar-refractivity contribution in [2.45, 2.75) is 32.2 Å². The van der Waals surface area contributed by atoms with Gasteiger partial charge in [-0.15, -0.1) is 11.3 Å². The van der Waals surface area contributed by atoms with Crippen LogP contribution in [0.2, 0.25) is 0 Å². The molecular weight excluding hydrogens is 316 g/mol. The van der Waals surface area contributed by atoms with E-state index in [1.807, 2.05) is 11.0 Å². The molecule has 4 rings (SSSR count). The van der Waals surface area contributed by atoms with E-state index in [-0.39, 0.29) is 11.9 Å². The van der Waals surface area contributed by atoms with E-state index in [1.54, 1.807) is 11.3 Å². The molecule has 1 aromatic carbocycles. The number of carbonyl (C=O) groups is 1. The van der Waals surface area contributed by atoms with Gasteiger partial charge in [0.15, 0.2) is 0 Å². The zero-order valence-electron chi connectivity index (χ0n) is 13.9. The van der Waals surface area contributed by atoms with Gasteiger partial charge in [-0.1, -0.05) is 30.3 Å². The van der Waals surface area contributed by atoms with E-state index in [0.29, 0.717) is 0 Å². The van der Waals surface area contributed by atoms with Gasteiger partial charge in [0.25, 0.3) is 5.91 Å². The number of amides is 1. The highest BCUT2D eigenvalue weighted by molar-refractivity contribution is 7.16. The van der Waals surface area contributed by atoms with Crippen molar-refractivity contribution in [3.8, 4) is 0 Å². The molecule has 1 aliphatic rings. The van der Waals surface area contributed by atoms with Gasteiger partial charge in [-0.25, -0.2) is 0 Å². The molecule has 0 N–H and O–H groups in total. The van der Waals surface area contributed by atoms with Crippen LogP contribution < -0.4 is 0 Å². The number of piperidine rings is 1. The van der Waals surface area contributed by atoms with Gasteiger partial charge in [-0.2, -0.15) is 0 Å². The third-order valence-corrected chi connectivity index (χ3v) is 5.90. The molecule has 0 aliphatic carbocycles. The maximum absolute atomic E-state index is 13.1. The number of aromatic nitrogens is 1. The first-order valence-electron chi connectivity index (χ1n) is 8.68. The predicted octanol–water partition coefficient (Wildman–Crippen LogP) is 4.94. The van der Waals surface area contributed by atoms with Gasteiger partial charge in [0.2, 0.25) is 0 Å². The van der Waals surface area contributed by atoms with Crippen molar-refractivity contribution < 1.29 is 4.79 Å². The van der Waals surface area contributed by atoms with E-state index in [9.17, 15) is 4.79 Å². The van der Waals surface area contributed by atoms with Gasteiger partial charge in [0.1, 0.15) is 10.5 Å². The summed E-state index contributed by atoms with van der Waals surface area (Å²) in [6.07, 6.45) is 3.48. The fraction of sp³-hybridized carbons (Fsp3) is 0.350. The quantitative estimate of drug-likeness (QED) is 0.664. The molecule has 2 aromatic heterocycles. The monoisotopic (exact) mass is 338 g/mol. The highest BCUT2D eigenvalue weighted by atomic mass is 32.1. The van der Waals surface area contributed by atoms with Gasteiger partial charge >= 0.3 is 0 Å². The Hall–Kier alpha value is -2.07. The van der Waals surface area contributed by atoms with Crippen LogP contribution in [0.5, 0.6) is 0 Å². The van der Waals surface area contributed by atoms with E-state index in [4.69, 9.17) is 0 Å². The summed E-state index contributed by atoms with van der Waals surface area (Å²) >= 11 is 1.71. The average molecular weight is 338 g/mol. The summed E-state index contributed by atoms with van der Waals surface area (Å²) in [5, 5.41) is 3.27. The largest absolute Gasteiger partial charge is 0.337 e. The number of hydrogen-bond donors (Lipinski definition) is 0. The molecule has 24 heavy (non-hydrogen) atoms. The zero-order chi connectivity index (χ0) is 16.5. The Morgan fingerprint density at radius 2 is 1.83 bits per heavy atom. The fourth-order valence-electron chi connectivity index (χ4n) is 3.63. The molecular formula is C20H22N2OS. The summed E-state index contributed by atoms with van der Waals surface area (Å²) in [4.78, 5) is 16.3. The Kier molecular flexibility index (Phi) is 4.15. The minimum absolute atomic E-state index is 0.145. The van der Waals surface area contributed by atoms with Crippen LogP contribution in [0.25, 0.3) is 10.2 Å². The molecule has 1 fully saturated rings. The van der Waals surface area contributed by atoms with Crippen LogP contribution >= 0.6 is 11.3 Å². The highest BCUT2D eigenvalue weighted by Crippen LogP contribution is 2.32. The van der Waals surface area contributed by atoms with Crippen molar-refractivity contribution >= 4 is 27.5 Å². The van der Waals surface area contributed by atoms with E-state index >= 15 is 0 Å². The first-order chi connectivity index (χ1) is 11.8. The summed E-state index contributed by atoms with van der Waals surface area (Å²) < 4.78 is 2.23. The lowest BCUT2D eigenvalue weighted by molar-refractivity contribution is 0.0713. The van der Waals surface area contributed by atoms with Crippen LogP contribution in [0, 0.1) is 0 Å². The molecule has 3 aromatic rings. The lowest BCUT2D eigenvalue weighted by Gasteiger charge is -2.28. The number of hydrogen-bond acceptors (Lipinski definition) is 2. The van der Waals surface area contributed by atoms with Crippen molar-refractivity contribution in [1.82, 2.24) is 9.47 Å². The number of fused-ring (bicyclic) bond motifs is 1. The Labute approximate surface area is 146 Å². The molecule has 3 nitrogen and oxygen atoms in total. The van der Waals surface area contributed by atoms with E-state index in [0.717, 1.165) is 31.6 Å². The van der Waals surface area contributed by atoms with Crippen LogP contribution in [-0.2, 0) is 0 Å². The van der Waals surface area contributed by atoms with Gasteiger partial charge < -0.3 is 9.47 Å². The summed E-state index contributed by atoms with van der Waals surface area (Å²) in [6, 6.07) is 14.8. The predicted molar refractivity (Wildman–Crippen MR) is 99.8 cm³/mol. The lowest BCUT2D eigenvalue weighted by Crippen LogP contribution is -2.37. The fourth-order valence-corrected chi connectivity index (χ4v) is 4.61. The van der Waals surface area contributed by atoms with Crippen molar-refractivity contribution in [3.63, 3.8) is 0 Å². The Morgan fingerprint density at radius 3 is 2.58 bits per heavy atom. The molecule has 1 saturated heterocycles. The van der Waals surface area contributed by atoms with Crippen LogP contribution in [0.15, 0.2) is 47.8 Å². The zero-order valence-corrected chi connectivity index (χ0v) is 14.8. The maximum Gasteiger partial charge on any atom is 0.270 e. The molecule has 0 unspecified atom stereocenters. The number of carbonyl (C=O) groups excluding carboxylic acids is 1. The number of rotatable bonds is 3. The topological polar surface area (TPSA) is 25.2 Å². The molecule has 3 heterocycles. The lowest BCUT2D eigenvalue weighted by atomic mass is 10.1. The number of benzene rings is 1. The van der Waals surface area contributed by atoms with E-state index in [2.05, 4.69) is 53.3 Å². The van der Waals surface area contributed by atoms with Crippen LogP contribution in [0.3, 0.4) is 0 Å². The maximum atomic E-state index is 13.1. The standard InChI is InChI=1S/C20H22N2OS/c1-15(16-8-4-2-5-9-16)22-18(14-17-10-13-24-20(17)22)19(23)21-11-6-3-7-12-21/h2,4-5,8-10,13-15H,3,6-7,11-12H2,1H3/t15-/m1/s1. The number of thiophene rings is 1. The normalized spacial score (nSPS) is 16.5. The first-order valence-corrected chi connectivity index (χ1v) is 9.56. The molecule has 1 atom stereocenters. The van der Waals surface area contributed by atoms with Gasteiger partial charge in [-0.05, 0) is 49.3 Å². The van der Waals surface area contributed by atoms with Crippen LogP contribution in [0.1, 0.15) is 48.3 Å². The van der Waals surface area contributed by atoms with Gasteiger partial charge in [0, 0.05) is 18.5 Å². The Balaban J connectivity index is 1.78. The SMILES string of the molecule is C[C@H](c1ccccc1)n1c(C(=O)N2CCCCC2)cc2ccsc21. The molecule has 124 valence electrons. The van der Waals surface area contributed by atoms with E-state index in [1.165, 1.54) is 22.2 Å². The van der Waals surface area contributed by atoms with Gasteiger partial charge in [0.05, 0.1) is 6.04 Å². The number of likely N-dealkylation sites (tertiary alicyclic amines) is 1. The molecule has 0 radical (unpaired) electrons. The average Bonchev–Trinajstić information content (AvgIpc) is 3.23. The third kappa shape index (κ3) is 2.65. The molecule has 1 aliphatic heterocycles. The van der Waals surface area contributed by atoms with Gasteiger partial charge in [-0.3, -0.25) is 4.79 Å². The molecule has 4 heteroatoms. The smallest absolute Gasteiger partial charge is 0.270 e. The van der Waals surface area contributed by atoms with Crippen LogP contribution in [-0.4, -0.2) is 28.5 Å². The summed E-state index contributed by atoms with van der Waals surface area (Å²) in [7, 11) is 0. The van der Waals surface area contributed by atoms with Crippen molar-refractivity contribution in [2.24, 2.45) is 0 Å². The molecule has 0 bridgehead atoms. The summed E-state index contributed by atoms with van der Waals surface area (Å²) in [6.45, 7) is 3.95. The third-order valence-electron chi connectivity index (χ3n) is 4.98.